The fourth-order valence-corrected chi connectivity index (χ4v) is 3.29. The number of para-hydroxylation sites is 1. The molecule has 1 atom stereocenters. The monoisotopic (exact) mass is 394 g/mol. The molecule has 0 radical (unpaired) electrons. The largest absolute Gasteiger partial charge is 0.467 e. The number of aryl methyl sites for hydroxylation is 1. The molecule has 29 heavy (non-hydrogen) atoms. The number of ether oxygens (including phenoxy) is 3. The number of methoxy groups -OCH3 is 2. The summed E-state index contributed by atoms with van der Waals surface area (Å²) in [5, 5.41) is 0. The Kier molecular flexibility index (Phi) is 5.37. The Bertz CT molecular complexity index is 963. The molecule has 2 aromatic heterocycles. The van der Waals surface area contributed by atoms with Gasteiger partial charge in [0.1, 0.15) is 5.75 Å². The first-order chi connectivity index (χ1) is 14.2. The highest BCUT2D eigenvalue weighted by Gasteiger charge is 2.32. The SMILES string of the molecule is COc1nc(OC)nc(N2CCCC2c2nc(C)cc(Oc3ccccc3)n2)n1. The summed E-state index contributed by atoms with van der Waals surface area (Å²) in [6.45, 7) is 2.70. The van der Waals surface area contributed by atoms with Crippen LogP contribution in [0.4, 0.5) is 5.95 Å². The lowest BCUT2D eigenvalue weighted by molar-refractivity contribution is 0.339. The van der Waals surface area contributed by atoms with E-state index in [2.05, 4.69) is 24.9 Å². The summed E-state index contributed by atoms with van der Waals surface area (Å²) < 4.78 is 16.3. The molecule has 1 saturated heterocycles. The van der Waals surface area contributed by atoms with Crippen molar-refractivity contribution in [2.45, 2.75) is 25.8 Å². The average molecular weight is 394 g/mol. The van der Waals surface area contributed by atoms with Crippen LogP contribution in [0.25, 0.3) is 0 Å². The summed E-state index contributed by atoms with van der Waals surface area (Å²) in [5.74, 6) is 2.39. The van der Waals surface area contributed by atoms with Crippen LogP contribution in [0.3, 0.4) is 0 Å². The normalized spacial score (nSPS) is 16.0. The Hall–Kier alpha value is -3.49. The van der Waals surface area contributed by atoms with Gasteiger partial charge in [-0.15, -0.1) is 4.98 Å². The van der Waals surface area contributed by atoms with E-state index >= 15 is 0 Å². The second-order valence-electron chi connectivity index (χ2n) is 6.58. The summed E-state index contributed by atoms with van der Waals surface area (Å²) in [6.07, 6.45) is 1.84. The van der Waals surface area contributed by atoms with Crippen LogP contribution in [0, 0.1) is 6.92 Å². The van der Waals surface area contributed by atoms with E-state index in [1.165, 1.54) is 14.2 Å². The van der Waals surface area contributed by atoms with Crippen LogP contribution in [0.1, 0.15) is 30.4 Å². The molecule has 0 bridgehead atoms. The van der Waals surface area contributed by atoms with Crippen LogP contribution >= 0.6 is 0 Å². The first kappa shape index (κ1) is 18.9. The second kappa shape index (κ2) is 8.26. The standard InChI is InChI=1S/C20H22N6O3/c1-13-12-16(29-14-8-5-4-6-9-14)22-17(21-13)15-10-7-11-26(15)18-23-19(27-2)25-20(24-18)28-3/h4-6,8-9,12,15H,7,10-11H2,1-3H3. The highest BCUT2D eigenvalue weighted by Crippen LogP contribution is 2.35. The van der Waals surface area contributed by atoms with Crippen molar-refractivity contribution in [3.63, 3.8) is 0 Å². The van der Waals surface area contributed by atoms with Crippen LogP contribution in [0.15, 0.2) is 36.4 Å². The number of aromatic nitrogens is 5. The molecular weight excluding hydrogens is 372 g/mol. The van der Waals surface area contributed by atoms with Crippen molar-refractivity contribution in [1.82, 2.24) is 24.9 Å². The minimum Gasteiger partial charge on any atom is -0.467 e. The molecular formula is C20H22N6O3. The first-order valence-electron chi connectivity index (χ1n) is 9.35. The van der Waals surface area contributed by atoms with Crippen molar-refractivity contribution < 1.29 is 14.2 Å². The molecule has 0 N–H and O–H groups in total. The molecule has 9 nitrogen and oxygen atoms in total. The van der Waals surface area contributed by atoms with E-state index in [-0.39, 0.29) is 18.1 Å². The first-order valence-corrected chi connectivity index (χ1v) is 9.35. The molecule has 1 aliphatic rings. The Morgan fingerprint density at radius 1 is 0.931 bits per heavy atom. The Morgan fingerprint density at radius 3 is 2.34 bits per heavy atom. The van der Waals surface area contributed by atoms with Gasteiger partial charge in [-0.3, -0.25) is 0 Å². The van der Waals surface area contributed by atoms with Crippen molar-refractivity contribution in [2.75, 3.05) is 25.7 Å². The molecule has 1 unspecified atom stereocenters. The molecule has 3 aromatic rings. The zero-order valence-corrected chi connectivity index (χ0v) is 16.6. The van der Waals surface area contributed by atoms with E-state index in [1.54, 1.807) is 0 Å². The van der Waals surface area contributed by atoms with Crippen LogP contribution in [-0.2, 0) is 0 Å². The van der Waals surface area contributed by atoms with E-state index < -0.39 is 0 Å². The van der Waals surface area contributed by atoms with Gasteiger partial charge >= 0.3 is 12.0 Å². The minimum atomic E-state index is -0.0789. The van der Waals surface area contributed by atoms with Crippen molar-refractivity contribution in [3.05, 3.63) is 47.9 Å². The third kappa shape index (κ3) is 4.18. The van der Waals surface area contributed by atoms with Crippen molar-refractivity contribution in [3.8, 4) is 23.7 Å². The van der Waals surface area contributed by atoms with Gasteiger partial charge in [-0.05, 0) is 31.9 Å². The van der Waals surface area contributed by atoms with Crippen LogP contribution in [0.5, 0.6) is 23.7 Å². The molecule has 9 heteroatoms. The quantitative estimate of drug-likeness (QED) is 0.625. The average Bonchev–Trinajstić information content (AvgIpc) is 3.24. The van der Waals surface area contributed by atoms with Gasteiger partial charge < -0.3 is 19.1 Å². The third-order valence-corrected chi connectivity index (χ3v) is 4.57. The molecule has 1 fully saturated rings. The van der Waals surface area contributed by atoms with Gasteiger partial charge in [0.05, 0.1) is 20.3 Å². The zero-order chi connectivity index (χ0) is 20.2. The molecule has 0 spiro atoms. The molecule has 1 aromatic carbocycles. The van der Waals surface area contributed by atoms with E-state index in [0.29, 0.717) is 17.7 Å². The molecule has 0 aliphatic carbocycles. The van der Waals surface area contributed by atoms with Crippen LogP contribution < -0.4 is 19.1 Å². The van der Waals surface area contributed by atoms with Crippen LogP contribution in [0.2, 0.25) is 0 Å². The van der Waals surface area contributed by atoms with Crippen molar-refractivity contribution >= 4 is 5.95 Å². The fraction of sp³-hybridized carbons (Fsp3) is 0.350. The molecule has 3 heterocycles. The summed E-state index contributed by atoms with van der Waals surface area (Å²) in [4.78, 5) is 24.2. The number of nitrogens with zero attached hydrogens (tertiary/aromatic N) is 6. The third-order valence-electron chi connectivity index (χ3n) is 4.57. The van der Waals surface area contributed by atoms with E-state index in [0.717, 1.165) is 30.8 Å². The van der Waals surface area contributed by atoms with Gasteiger partial charge in [0.25, 0.3) is 0 Å². The van der Waals surface area contributed by atoms with Gasteiger partial charge in [-0.25, -0.2) is 4.98 Å². The maximum atomic E-state index is 5.92. The Morgan fingerprint density at radius 2 is 1.66 bits per heavy atom. The molecule has 0 amide bonds. The maximum absolute atomic E-state index is 5.92. The fourth-order valence-electron chi connectivity index (χ4n) is 3.29. The van der Waals surface area contributed by atoms with Crippen molar-refractivity contribution in [1.29, 1.82) is 0 Å². The Labute approximate surface area is 168 Å². The van der Waals surface area contributed by atoms with E-state index in [1.807, 2.05) is 48.2 Å². The number of hydrogen-bond acceptors (Lipinski definition) is 9. The lowest BCUT2D eigenvalue weighted by atomic mass is 10.2. The Balaban J connectivity index is 1.65. The lowest BCUT2D eigenvalue weighted by Gasteiger charge is -2.24. The van der Waals surface area contributed by atoms with Crippen molar-refractivity contribution in [2.24, 2.45) is 0 Å². The highest BCUT2D eigenvalue weighted by molar-refractivity contribution is 5.38. The van der Waals surface area contributed by atoms with E-state index in [9.17, 15) is 0 Å². The molecule has 1 aliphatic heterocycles. The number of hydrogen-bond donors (Lipinski definition) is 0. The summed E-state index contributed by atoms with van der Waals surface area (Å²) in [5.41, 5.74) is 0.832. The van der Waals surface area contributed by atoms with Gasteiger partial charge in [0.2, 0.25) is 11.8 Å². The lowest BCUT2D eigenvalue weighted by Crippen LogP contribution is -2.26. The number of rotatable bonds is 6. The number of anilines is 1. The van der Waals surface area contributed by atoms with Gasteiger partial charge in [-0.1, -0.05) is 18.2 Å². The smallest absolute Gasteiger partial charge is 0.324 e. The molecule has 150 valence electrons. The summed E-state index contributed by atoms with van der Waals surface area (Å²) in [6, 6.07) is 11.7. The second-order valence-corrected chi connectivity index (χ2v) is 6.58. The van der Waals surface area contributed by atoms with E-state index in [4.69, 9.17) is 14.2 Å². The maximum Gasteiger partial charge on any atom is 0.324 e. The zero-order valence-electron chi connectivity index (χ0n) is 16.6. The molecule has 0 saturated carbocycles. The highest BCUT2D eigenvalue weighted by atomic mass is 16.5. The van der Waals surface area contributed by atoms with Gasteiger partial charge in [0.15, 0.2) is 5.82 Å². The van der Waals surface area contributed by atoms with Gasteiger partial charge in [0, 0.05) is 18.3 Å². The topological polar surface area (TPSA) is 95.4 Å². The molecule has 4 rings (SSSR count). The predicted molar refractivity (Wildman–Crippen MR) is 106 cm³/mol. The van der Waals surface area contributed by atoms with Crippen LogP contribution in [-0.4, -0.2) is 45.7 Å². The van der Waals surface area contributed by atoms with Gasteiger partial charge in [-0.2, -0.15) is 15.0 Å². The minimum absolute atomic E-state index is 0.0789. The predicted octanol–water partition coefficient (Wildman–Crippen LogP) is 3.12. The summed E-state index contributed by atoms with van der Waals surface area (Å²) in [7, 11) is 3.02. The summed E-state index contributed by atoms with van der Waals surface area (Å²) >= 11 is 0. The number of benzene rings is 1.